The van der Waals surface area contributed by atoms with E-state index in [0.717, 1.165) is 5.56 Å². The van der Waals surface area contributed by atoms with Crippen molar-refractivity contribution in [3.05, 3.63) is 58.1 Å². The van der Waals surface area contributed by atoms with Gasteiger partial charge in [-0.2, -0.15) is 0 Å². The molecule has 2 aromatic rings. The Kier molecular flexibility index (Phi) is 4.15. The molecule has 0 fully saturated rings. The number of benzene rings is 2. The van der Waals surface area contributed by atoms with Crippen LogP contribution in [0.1, 0.15) is 21.5 Å². The second-order valence-corrected chi connectivity index (χ2v) is 4.82. The lowest BCUT2D eigenvalue weighted by Gasteiger charge is -2.12. The third-order valence-electron chi connectivity index (χ3n) is 2.92. The summed E-state index contributed by atoms with van der Waals surface area (Å²) < 4.78 is 5.65. The lowest BCUT2D eigenvalue weighted by molar-refractivity contribution is 0.0695. The molecule has 0 unspecified atom stereocenters. The number of anilines is 1. The highest BCUT2D eigenvalue weighted by molar-refractivity contribution is 6.30. The summed E-state index contributed by atoms with van der Waals surface area (Å²) in [4.78, 5) is 11.2. The molecular weight excluding hydrogens is 278 g/mol. The summed E-state index contributed by atoms with van der Waals surface area (Å²) >= 11 is 5.87. The summed E-state index contributed by atoms with van der Waals surface area (Å²) in [6, 6.07) is 10.2. The second kappa shape index (κ2) is 5.84. The molecule has 2 rings (SSSR count). The summed E-state index contributed by atoms with van der Waals surface area (Å²) in [6.45, 7) is 2.01. The number of carbonyl (C=O) groups is 1. The van der Waals surface area contributed by atoms with Crippen molar-refractivity contribution in [3.8, 4) is 5.75 Å². The molecule has 0 amide bonds. The van der Waals surface area contributed by atoms with Gasteiger partial charge in [0.1, 0.15) is 12.4 Å². The molecule has 104 valence electrons. The number of nitrogen functional groups attached to an aromatic ring is 1. The first-order valence-electron chi connectivity index (χ1n) is 5.98. The zero-order valence-electron chi connectivity index (χ0n) is 10.9. The Morgan fingerprint density at radius 1 is 1.35 bits per heavy atom. The van der Waals surface area contributed by atoms with E-state index in [1.165, 1.54) is 0 Å². The molecule has 4 nitrogen and oxygen atoms in total. The van der Waals surface area contributed by atoms with Crippen LogP contribution in [0, 0.1) is 6.92 Å². The zero-order chi connectivity index (χ0) is 14.7. The standard InChI is InChI=1S/C15H14ClNO3/c1-9-7-11(16)5-6-13(9)20-8-10-3-2-4-12(17)14(10)15(18)19/h2-7H,8,17H2,1H3,(H,18,19). The lowest BCUT2D eigenvalue weighted by atomic mass is 10.1. The number of carboxylic acids is 1. The van der Waals surface area contributed by atoms with E-state index in [1.54, 1.807) is 36.4 Å². The van der Waals surface area contributed by atoms with Gasteiger partial charge in [0.05, 0.1) is 5.56 Å². The second-order valence-electron chi connectivity index (χ2n) is 4.39. The Bertz CT molecular complexity index is 656. The summed E-state index contributed by atoms with van der Waals surface area (Å²) in [6.07, 6.45) is 0. The molecule has 0 bridgehead atoms. The highest BCUT2D eigenvalue weighted by Crippen LogP contribution is 2.24. The molecule has 0 aromatic heterocycles. The van der Waals surface area contributed by atoms with Crippen LogP contribution in [0.25, 0.3) is 0 Å². The highest BCUT2D eigenvalue weighted by atomic mass is 35.5. The Labute approximate surface area is 121 Å². The van der Waals surface area contributed by atoms with E-state index >= 15 is 0 Å². The Morgan fingerprint density at radius 3 is 2.75 bits per heavy atom. The largest absolute Gasteiger partial charge is 0.489 e. The number of aryl methyl sites for hydroxylation is 1. The molecule has 20 heavy (non-hydrogen) atoms. The van der Waals surface area contributed by atoms with Gasteiger partial charge in [-0.1, -0.05) is 23.7 Å². The monoisotopic (exact) mass is 291 g/mol. The van der Waals surface area contributed by atoms with Gasteiger partial charge in [-0.25, -0.2) is 4.79 Å². The van der Waals surface area contributed by atoms with Crippen LogP contribution in [-0.4, -0.2) is 11.1 Å². The van der Waals surface area contributed by atoms with Crippen molar-refractivity contribution in [3.63, 3.8) is 0 Å². The van der Waals surface area contributed by atoms with Gasteiger partial charge in [0, 0.05) is 16.3 Å². The van der Waals surface area contributed by atoms with Crippen LogP contribution in [0.5, 0.6) is 5.75 Å². The van der Waals surface area contributed by atoms with Crippen LogP contribution >= 0.6 is 11.6 Å². The summed E-state index contributed by atoms with van der Waals surface area (Å²) in [7, 11) is 0. The van der Waals surface area contributed by atoms with Gasteiger partial charge >= 0.3 is 5.97 Å². The Morgan fingerprint density at radius 2 is 2.10 bits per heavy atom. The van der Waals surface area contributed by atoms with Crippen molar-refractivity contribution in [1.82, 2.24) is 0 Å². The molecule has 2 aromatic carbocycles. The van der Waals surface area contributed by atoms with Crippen LogP contribution in [-0.2, 0) is 6.61 Å². The van der Waals surface area contributed by atoms with Crippen LogP contribution in [0.3, 0.4) is 0 Å². The molecule has 0 atom stereocenters. The summed E-state index contributed by atoms with van der Waals surface area (Å²) in [5.41, 5.74) is 7.42. The van der Waals surface area contributed by atoms with Crippen molar-refractivity contribution >= 4 is 23.3 Å². The van der Waals surface area contributed by atoms with E-state index in [1.807, 2.05) is 6.92 Å². The maximum absolute atomic E-state index is 11.2. The molecule has 0 saturated heterocycles. The number of hydrogen-bond donors (Lipinski definition) is 2. The molecule has 0 saturated carbocycles. The zero-order valence-corrected chi connectivity index (χ0v) is 11.6. The lowest BCUT2D eigenvalue weighted by Crippen LogP contribution is -2.09. The molecule has 0 heterocycles. The van der Waals surface area contributed by atoms with Gasteiger partial charge < -0.3 is 15.6 Å². The topological polar surface area (TPSA) is 72.5 Å². The number of halogens is 1. The molecule has 0 spiro atoms. The molecular formula is C15H14ClNO3. The predicted octanol–water partition coefficient (Wildman–Crippen LogP) is 3.51. The molecule has 0 aliphatic rings. The van der Waals surface area contributed by atoms with E-state index in [2.05, 4.69) is 0 Å². The smallest absolute Gasteiger partial charge is 0.338 e. The van der Waals surface area contributed by atoms with Crippen molar-refractivity contribution in [2.24, 2.45) is 0 Å². The number of hydrogen-bond acceptors (Lipinski definition) is 3. The fraction of sp³-hybridized carbons (Fsp3) is 0.133. The highest BCUT2D eigenvalue weighted by Gasteiger charge is 2.14. The molecule has 0 radical (unpaired) electrons. The number of nitrogens with two attached hydrogens (primary N) is 1. The first-order valence-corrected chi connectivity index (χ1v) is 6.36. The van der Waals surface area contributed by atoms with Crippen molar-refractivity contribution in [2.45, 2.75) is 13.5 Å². The Balaban J connectivity index is 2.23. The normalized spacial score (nSPS) is 10.3. The minimum atomic E-state index is -1.06. The van der Waals surface area contributed by atoms with Gasteiger partial charge in [-0.15, -0.1) is 0 Å². The fourth-order valence-electron chi connectivity index (χ4n) is 1.93. The number of aromatic carboxylic acids is 1. The van der Waals surface area contributed by atoms with Crippen molar-refractivity contribution in [2.75, 3.05) is 5.73 Å². The minimum Gasteiger partial charge on any atom is -0.489 e. The third kappa shape index (κ3) is 3.03. The summed E-state index contributed by atoms with van der Waals surface area (Å²) in [5, 5.41) is 9.81. The first kappa shape index (κ1) is 14.2. The van der Waals surface area contributed by atoms with Crippen LogP contribution in [0.15, 0.2) is 36.4 Å². The Hall–Kier alpha value is -2.20. The van der Waals surface area contributed by atoms with Crippen molar-refractivity contribution in [1.29, 1.82) is 0 Å². The van der Waals surface area contributed by atoms with Gasteiger partial charge in [0.15, 0.2) is 0 Å². The fourth-order valence-corrected chi connectivity index (χ4v) is 2.16. The maximum Gasteiger partial charge on any atom is 0.338 e. The SMILES string of the molecule is Cc1cc(Cl)ccc1OCc1cccc(N)c1C(=O)O. The molecule has 0 aliphatic carbocycles. The maximum atomic E-state index is 11.2. The van der Waals surface area contributed by atoms with Crippen LogP contribution in [0.4, 0.5) is 5.69 Å². The van der Waals surface area contributed by atoms with Gasteiger partial charge in [0.2, 0.25) is 0 Å². The van der Waals surface area contributed by atoms with Gasteiger partial charge in [-0.3, -0.25) is 0 Å². The molecule has 5 heteroatoms. The molecule has 0 aliphatic heterocycles. The average Bonchev–Trinajstić information content (AvgIpc) is 2.37. The van der Waals surface area contributed by atoms with E-state index in [0.29, 0.717) is 16.3 Å². The van der Waals surface area contributed by atoms with E-state index in [4.69, 9.17) is 22.1 Å². The number of ether oxygens (including phenoxy) is 1. The first-order chi connectivity index (χ1) is 9.49. The van der Waals surface area contributed by atoms with Crippen molar-refractivity contribution < 1.29 is 14.6 Å². The number of rotatable bonds is 4. The van der Waals surface area contributed by atoms with Gasteiger partial charge in [-0.05, 0) is 36.8 Å². The number of carboxylic acid groups (broad SMARTS) is 1. The molecule has 3 N–H and O–H groups in total. The van der Waals surface area contributed by atoms with Crippen LogP contribution < -0.4 is 10.5 Å². The predicted molar refractivity (Wildman–Crippen MR) is 78.3 cm³/mol. The van der Waals surface area contributed by atoms with Gasteiger partial charge in [0.25, 0.3) is 0 Å². The van der Waals surface area contributed by atoms with E-state index in [-0.39, 0.29) is 17.9 Å². The quantitative estimate of drug-likeness (QED) is 0.846. The third-order valence-corrected chi connectivity index (χ3v) is 3.15. The van der Waals surface area contributed by atoms with E-state index in [9.17, 15) is 9.90 Å². The minimum absolute atomic E-state index is 0.0825. The summed E-state index contributed by atoms with van der Waals surface area (Å²) in [5.74, 6) is -0.400. The average molecular weight is 292 g/mol. The van der Waals surface area contributed by atoms with E-state index < -0.39 is 5.97 Å². The van der Waals surface area contributed by atoms with Crippen LogP contribution in [0.2, 0.25) is 5.02 Å².